The molecule has 0 aliphatic heterocycles. The van der Waals surface area contributed by atoms with Crippen molar-refractivity contribution in [3.8, 4) is 0 Å². The van der Waals surface area contributed by atoms with Gasteiger partial charge in [0, 0.05) is 24.0 Å². The van der Waals surface area contributed by atoms with Gasteiger partial charge in [0.05, 0.1) is 0 Å². The Bertz CT molecular complexity index is 504. The Morgan fingerprint density at radius 2 is 1.00 bits per heavy atom. The van der Waals surface area contributed by atoms with Crippen LogP contribution in [0.2, 0.25) is 0 Å². The summed E-state index contributed by atoms with van der Waals surface area (Å²) in [7, 11) is 0. The van der Waals surface area contributed by atoms with Gasteiger partial charge in [-0.05, 0) is 6.42 Å². The van der Waals surface area contributed by atoms with Crippen LogP contribution in [0.3, 0.4) is 0 Å². The number of Topliss-reactive ketones (excluding diaryl/α,β-unsaturated/α-hetero) is 2. The molecular formula is C17H20AlLiO2. The minimum atomic E-state index is 0. The molecule has 4 heteroatoms. The SMILES string of the molecule is O=C(CCCC(=O)c1ccccc1)c1ccccc1.[AlH3].[LiH]. The van der Waals surface area contributed by atoms with Crippen molar-refractivity contribution in [1.29, 1.82) is 0 Å². The van der Waals surface area contributed by atoms with Gasteiger partial charge in [0.15, 0.2) is 28.9 Å². The van der Waals surface area contributed by atoms with Crippen molar-refractivity contribution in [1.82, 2.24) is 0 Å². The quantitative estimate of drug-likeness (QED) is 0.603. The first-order chi connectivity index (χ1) is 9.27. The Morgan fingerprint density at radius 1 is 0.667 bits per heavy atom. The third-order valence-corrected chi connectivity index (χ3v) is 3.00. The standard InChI is InChI=1S/C17H16O2.Al.Li.4H/c18-16(14-8-3-1-4-9-14)12-7-13-17(19)15-10-5-2-6-11-15;;;;;;/h1-6,8-11H,7,12-13H2;;;;;;. The van der Waals surface area contributed by atoms with Crippen molar-refractivity contribution in [3.63, 3.8) is 0 Å². The zero-order valence-corrected chi connectivity index (χ0v) is 10.7. The molecule has 0 atom stereocenters. The van der Waals surface area contributed by atoms with Gasteiger partial charge in [-0.1, -0.05) is 60.7 Å². The number of carbonyl (C=O) groups is 2. The van der Waals surface area contributed by atoms with Crippen molar-refractivity contribution >= 4 is 47.8 Å². The molecule has 0 saturated carbocycles. The fraction of sp³-hybridized carbons (Fsp3) is 0.176. The molecule has 0 amide bonds. The molecule has 0 bridgehead atoms. The van der Waals surface area contributed by atoms with E-state index < -0.39 is 0 Å². The van der Waals surface area contributed by atoms with Crippen LogP contribution in [0.1, 0.15) is 40.0 Å². The van der Waals surface area contributed by atoms with Gasteiger partial charge in [0.2, 0.25) is 0 Å². The monoisotopic (exact) mass is 290 g/mol. The number of benzene rings is 2. The zero-order chi connectivity index (χ0) is 13.5. The summed E-state index contributed by atoms with van der Waals surface area (Å²) in [5.41, 5.74) is 1.43. The van der Waals surface area contributed by atoms with Gasteiger partial charge in [0.25, 0.3) is 0 Å². The van der Waals surface area contributed by atoms with Crippen molar-refractivity contribution in [2.45, 2.75) is 19.3 Å². The van der Waals surface area contributed by atoms with Gasteiger partial charge in [-0.2, -0.15) is 0 Å². The van der Waals surface area contributed by atoms with Crippen LogP contribution in [0, 0.1) is 0 Å². The third kappa shape index (κ3) is 6.47. The van der Waals surface area contributed by atoms with Crippen molar-refractivity contribution in [2.75, 3.05) is 0 Å². The Labute approximate surface area is 148 Å². The number of hydrogen-bond acceptors (Lipinski definition) is 2. The van der Waals surface area contributed by atoms with Gasteiger partial charge in [-0.15, -0.1) is 0 Å². The molecule has 0 fully saturated rings. The van der Waals surface area contributed by atoms with E-state index in [0.717, 1.165) is 11.1 Å². The first-order valence-electron chi connectivity index (χ1n) is 6.44. The van der Waals surface area contributed by atoms with E-state index in [-0.39, 0.29) is 47.8 Å². The second-order valence-electron chi connectivity index (χ2n) is 4.43. The Balaban J connectivity index is 0.00000200. The molecule has 21 heavy (non-hydrogen) atoms. The average molecular weight is 290 g/mol. The molecule has 0 spiro atoms. The van der Waals surface area contributed by atoms with Gasteiger partial charge in [-0.3, -0.25) is 9.59 Å². The topological polar surface area (TPSA) is 34.1 Å². The minimum absolute atomic E-state index is 0. The van der Waals surface area contributed by atoms with Crippen LogP contribution < -0.4 is 0 Å². The molecule has 2 rings (SSSR count). The van der Waals surface area contributed by atoms with Crippen LogP contribution in [0.5, 0.6) is 0 Å². The van der Waals surface area contributed by atoms with Crippen molar-refractivity contribution in [2.24, 2.45) is 0 Å². The van der Waals surface area contributed by atoms with Gasteiger partial charge < -0.3 is 0 Å². The molecule has 2 aromatic rings. The summed E-state index contributed by atoms with van der Waals surface area (Å²) in [6.45, 7) is 0. The van der Waals surface area contributed by atoms with E-state index in [1.807, 2.05) is 36.4 Å². The first-order valence-corrected chi connectivity index (χ1v) is 6.44. The summed E-state index contributed by atoms with van der Waals surface area (Å²) in [5.74, 6) is 0.197. The normalized spacial score (nSPS) is 9.14. The van der Waals surface area contributed by atoms with Crippen LogP contribution in [-0.4, -0.2) is 47.8 Å². The molecule has 0 N–H and O–H groups in total. The summed E-state index contributed by atoms with van der Waals surface area (Å²) >= 11 is 0. The maximum atomic E-state index is 11.9. The molecule has 0 aliphatic rings. The van der Waals surface area contributed by atoms with E-state index in [4.69, 9.17) is 0 Å². The van der Waals surface area contributed by atoms with Crippen LogP contribution >= 0.6 is 0 Å². The van der Waals surface area contributed by atoms with E-state index in [9.17, 15) is 9.59 Å². The average Bonchev–Trinajstić information content (AvgIpc) is 2.49. The van der Waals surface area contributed by atoms with E-state index in [1.165, 1.54) is 0 Å². The summed E-state index contributed by atoms with van der Waals surface area (Å²) in [4.78, 5) is 23.7. The molecule has 0 radical (unpaired) electrons. The first kappa shape index (κ1) is 19.9. The van der Waals surface area contributed by atoms with E-state index in [1.54, 1.807) is 24.3 Å². The molecule has 2 nitrogen and oxygen atoms in total. The zero-order valence-electron chi connectivity index (χ0n) is 10.7. The molecule has 0 aliphatic carbocycles. The fourth-order valence-corrected chi connectivity index (χ4v) is 1.95. The Morgan fingerprint density at radius 3 is 1.33 bits per heavy atom. The van der Waals surface area contributed by atoms with Crippen LogP contribution in [0.15, 0.2) is 60.7 Å². The Kier molecular flexibility index (Phi) is 10.1. The summed E-state index contributed by atoms with van der Waals surface area (Å²) in [6, 6.07) is 18.4. The predicted molar refractivity (Wildman–Crippen MR) is 92.5 cm³/mol. The molecule has 0 saturated heterocycles. The van der Waals surface area contributed by atoms with E-state index in [0.29, 0.717) is 19.3 Å². The molecular weight excluding hydrogens is 270 g/mol. The van der Waals surface area contributed by atoms with E-state index >= 15 is 0 Å². The number of hydrogen-bond donors (Lipinski definition) is 0. The Hall–Kier alpha value is -1.09. The predicted octanol–water partition coefficient (Wildman–Crippen LogP) is 2.09. The maximum absolute atomic E-state index is 11.9. The second kappa shape index (κ2) is 10.6. The number of rotatable bonds is 6. The fourth-order valence-electron chi connectivity index (χ4n) is 1.95. The molecule has 2 aromatic carbocycles. The van der Waals surface area contributed by atoms with E-state index in [2.05, 4.69) is 0 Å². The van der Waals surface area contributed by atoms with Crippen molar-refractivity contribution in [3.05, 3.63) is 71.8 Å². The third-order valence-electron chi connectivity index (χ3n) is 3.00. The van der Waals surface area contributed by atoms with Crippen LogP contribution in [-0.2, 0) is 0 Å². The summed E-state index contributed by atoms with van der Waals surface area (Å²) in [5, 5.41) is 0. The van der Waals surface area contributed by atoms with Gasteiger partial charge in [-0.25, -0.2) is 0 Å². The van der Waals surface area contributed by atoms with Gasteiger partial charge >= 0.3 is 18.9 Å². The molecule has 0 heterocycles. The van der Waals surface area contributed by atoms with Crippen molar-refractivity contribution < 1.29 is 9.59 Å². The number of carbonyl (C=O) groups excluding carboxylic acids is 2. The number of ketones is 2. The van der Waals surface area contributed by atoms with Crippen LogP contribution in [0.25, 0.3) is 0 Å². The molecule has 0 unspecified atom stereocenters. The molecule has 0 aromatic heterocycles. The summed E-state index contributed by atoms with van der Waals surface area (Å²) in [6.07, 6.45) is 1.44. The molecule has 104 valence electrons. The van der Waals surface area contributed by atoms with Crippen LogP contribution in [0.4, 0.5) is 0 Å². The summed E-state index contributed by atoms with van der Waals surface area (Å²) < 4.78 is 0. The van der Waals surface area contributed by atoms with Gasteiger partial charge in [0.1, 0.15) is 0 Å². The second-order valence-corrected chi connectivity index (χ2v) is 4.43.